The SMILES string of the molecule is CC(=O)Nc1ccc(S(=O)(=O)N2CCc3ccccc3[C@@H]2CC(=O)NCc2ccccc2C)cc1. The van der Waals surface area contributed by atoms with Gasteiger partial charge in [-0.25, -0.2) is 8.42 Å². The lowest BCUT2D eigenvalue weighted by Gasteiger charge is -2.36. The zero-order valence-electron chi connectivity index (χ0n) is 19.8. The molecule has 0 bridgehead atoms. The van der Waals surface area contributed by atoms with Gasteiger partial charge in [-0.15, -0.1) is 0 Å². The van der Waals surface area contributed by atoms with Crippen LogP contribution in [0, 0.1) is 6.92 Å². The summed E-state index contributed by atoms with van der Waals surface area (Å²) < 4.78 is 28.7. The predicted molar refractivity (Wildman–Crippen MR) is 135 cm³/mol. The second-order valence-electron chi connectivity index (χ2n) is 8.69. The Balaban J connectivity index is 1.58. The molecule has 8 heteroatoms. The van der Waals surface area contributed by atoms with E-state index in [2.05, 4.69) is 10.6 Å². The van der Waals surface area contributed by atoms with Gasteiger partial charge in [-0.1, -0.05) is 48.5 Å². The summed E-state index contributed by atoms with van der Waals surface area (Å²) in [7, 11) is -3.88. The largest absolute Gasteiger partial charge is 0.352 e. The Morgan fingerprint density at radius 2 is 1.66 bits per heavy atom. The van der Waals surface area contributed by atoms with Gasteiger partial charge in [-0.2, -0.15) is 4.31 Å². The number of fused-ring (bicyclic) bond motifs is 1. The average molecular weight is 492 g/mol. The highest BCUT2D eigenvalue weighted by Gasteiger charge is 2.37. The van der Waals surface area contributed by atoms with Gasteiger partial charge in [0.15, 0.2) is 0 Å². The highest BCUT2D eigenvalue weighted by atomic mass is 32.2. The van der Waals surface area contributed by atoms with Crippen molar-refractivity contribution in [3.05, 3.63) is 95.1 Å². The number of amides is 2. The Bertz CT molecular complexity index is 1340. The van der Waals surface area contributed by atoms with Crippen molar-refractivity contribution in [3.63, 3.8) is 0 Å². The van der Waals surface area contributed by atoms with Gasteiger partial charge in [0.1, 0.15) is 0 Å². The van der Waals surface area contributed by atoms with Gasteiger partial charge < -0.3 is 10.6 Å². The van der Waals surface area contributed by atoms with Gasteiger partial charge in [-0.05, 0) is 59.9 Å². The molecule has 2 amide bonds. The normalized spacial score (nSPS) is 15.8. The molecule has 7 nitrogen and oxygen atoms in total. The molecule has 2 N–H and O–H groups in total. The fourth-order valence-electron chi connectivity index (χ4n) is 4.43. The maximum atomic E-state index is 13.7. The topological polar surface area (TPSA) is 95.6 Å². The van der Waals surface area contributed by atoms with Crippen LogP contribution in [0.2, 0.25) is 0 Å². The van der Waals surface area contributed by atoms with Gasteiger partial charge in [-0.3, -0.25) is 9.59 Å². The number of carbonyl (C=O) groups is 2. The van der Waals surface area contributed by atoms with Gasteiger partial charge in [0.05, 0.1) is 10.9 Å². The molecular formula is C27H29N3O4S. The molecule has 3 aromatic rings. The molecule has 182 valence electrons. The fourth-order valence-corrected chi connectivity index (χ4v) is 6.03. The van der Waals surface area contributed by atoms with E-state index in [4.69, 9.17) is 0 Å². The van der Waals surface area contributed by atoms with Crippen LogP contribution >= 0.6 is 0 Å². The van der Waals surface area contributed by atoms with Crippen molar-refractivity contribution in [3.8, 4) is 0 Å². The van der Waals surface area contributed by atoms with Crippen molar-refractivity contribution in [2.45, 2.75) is 44.2 Å². The molecule has 0 aromatic heterocycles. The minimum atomic E-state index is -3.88. The third kappa shape index (κ3) is 5.61. The van der Waals surface area contributed by atoms with E-state index in [0.717, 1.165) is 22.3 Å². The summed E-state index contributed by atoms with van der Waals surface area (Å²) in [5.41, 5.74) is 4.53. The third-order valence-electron chi connectivity index (χ3n) is 6.26. The molecular weight excluding hydrogens is 462 g/mol. The molecule has 1 heterocycles. The highest BCUT2D eigenvalue weighted by Crippen LogP contribution is 2.36. The first-order valence-corrected chi connectivity index (χ1v) is 13.0. The Morgan fingerprint density at radius 1 is 0.971 bits per heavy atom. The molecule has 0 saturated carbocycles. The number of hydrogen-bond donors (Lipinski definition) is 2. The molecule has 0 unspecified atom stereocenters. The Labute approximate surface area is 206 Å². The number of anilines is 1. The molecule has 0 aliphatic carbocycles. The van der Waals surface area contributed by atoms with Crippen LogP contribution in [0.4, 0.5) is 5.69 Å². The van der Waals surface area contributed by atoms with E-state index in [1.807, 2.05) is 55.5 Å². The molecule has 35 heavy (non-hydrogen) atoms. The summed E-state index contributed by atoms with van der Waals surface area (Å²) in [5.74, 6) is -0.443. The first kappa shape index (κ1) is 24.6. The number of nitrogens with zero attached hydrogens (tertiary/aromatic N) is 1. The number of carbonyl (C=O) groups excluding carboxylic acids is 2. The fraction of sp³-hybridized carbons (Fsp3) is 0.259. The molecule has 0 fully saturated rings. The van der Waals surface area contributed by atoms with Crippen LogP contribution < -0.4 is 10.6 Å². The minimum absolute atomic E-state index is 0.0199. The summed E-state index contributed by atoms with van der Waals surface area (Å²) in [4.78, 5) is 24.4. The molecule has 0 saturated heterocycles. The summed E-state index contributed by atoms with van der Waals surface area (Å²) in [5, 5.41) is 5.60. The lowest BCUT2D eigenvalue weighted by molar-refractivity contribution is -0.122. The van der Waals surface area contributed by atoms with E-state index in [9.17, 15) is 18.0 Å². The van der Waals surface area contributed by atoms with E-state index in [-0.39, 0.29) is 29.7 Å². The van der Waals surface area contributed by atoms with Crippen LogP contribution in [0.5, 0.6) is 0 Å². The van der Waals surface area contributed by atoms with Crippen molar-refractivity contribution in [2.24, 2.45) is 0 Å². The van der Waals surface area contributed by atoms with E-state index in [1.54, 1.807) is 12.1 Å². The van der Waals surface area contributed by atoms with Crippen LogP contribution in [0.1, 0.15) is 41.6 Å². The van der Waals surface area contributed by atoms with E-state index >= 15 is 0 Å². The van der Waals surface area contributed by atoms with Crippen LogP contribution in [-0.4, -0.2) is 31.1 Å². The first-order chi connectivity index (χ1) is 16.8. The summed E-state index contributed by atoms with van der Waals surface area (Å²) >= 11 is 0. The van der Waals surface area contributed by atoms with Crippen molar-refractivity contribution >= 4 is 27.5 Å². The standard InChI is InChI=1S/C27H29N3O4S/c1-19-7-3-4-9-22(19)18-28-27(32)17-26-25-10-6-5-8-21(25)15-16-30(26)35(33,34)24-13-11-23(12-14-24)29-20(2)31/h3-14,26H,15-18H2,1-2H3,(H,28,32)(H,29,31)/t26-/m0/s1. The maximum Gasteiger partial charge on any atom is 0.243 e. The molecule has 1 aliphatic heterocycles. The molecule has 4 rings (SSSR count). The Morgan fingerprint density at radius 3 is 2.37 bits per heavy atom. The number of aryl methyl sites for hydroxylation is 1. The van der Waals surface area contributed by atoms with Gasteiger partial charge in [0.25, 0.3) is 0 Å². The average Bonchev–Trinajstić information content (AvgIpc) is 2.83. The van der Waals surface area contributed by atoms with E-state index in [0.29, 0.717) is 18.7 Å². The Kier molecular flexibility index (Phi) is 7.33. The number of nitrogens with one attached hydrogen (secondary N) is 2. The second-order valence-corrected chi connectivity index (χ2v) is 10.6. The number of sulfonamides is 1. The maximum absolute atomic E-state index is 13.7. The number of benzene rings is 3. The smallest absolute Gasteiger partial charge is 0.243 e. The zero-order valence-corrected chi connectivity index (χ0v) is 20.6. The summed E-state index contributed by atoms with van der Waals surface area (Å²) in [6.45, 7) is 4.05. The van der Waals surface area contributed by atoms with Gasteiger partial charge in [0, 0.05) is 32.1 Å². The van der Waals surface area contributed by atoms with Crippen LogP contribution in [0.25, 0.3) is 0 Å². The zero-order chi connectivity index (χ0) is 25.0. The summed E-state index contributed by atoms with van der Waals surface area (Å²) in [6.07, 6.45) is 0.590. The first-order valence-electron chi connectivity index (χ1n) is 11.5. The molecule has 0 spiro atoms. The van der Waals surface area contributed by atoms with Crippen molar-refractivity contribution in [2.75, 3.05) is 11.9 Å². The van der Waals surface area contributed by atoms with Gasteiger partial charge in [0.2, 0.25) is 21.8 Å². The molecule has 3 aromatic carbocycles. The van der Waals surface area contributed by atoms with E-state index in [1.165, 1.54) is 23.4 Å². The summed E-state index contributed by atoms with van der Waals surface area (Å²) in [6, 6.07) is 21.0. The lowest BCUT2D eigenvalue weighted by Crippen LogP contribution is -2.42. The minimum Gasteiger partial charge on any atom is -0.352 e. The van der Waals surface area contributed by atoms with Gasteiger partial charge >= 0.3 is 0 Å². The molecule has 1 atom stereocenters. The second kappa shape index (κ2) is 10.4. The highest BCUT2D eigenvalue weighted by molar-refractivity contribution is 7.89. The van der Waals surface area contributed by atoms with Crippen LogP contribution in [0.3, 0.4) is 0 Å². The molecule has 1 aliphatic rings. The van der Waals surface area contributed by atoms with Crippen LogP contribution in [0.15, 0.2) is 77.7 Å². The number of rotatable bonds is 7. The Hall–Kier alpha value is -3.49. The predicted octanol–water partition coefficient (Wildman–Crippen LogP) is 3.95. The third-order valence-corrected chi connectivity index (χ3v) is 8.18. The number of hydrogen-bond acceptors (Lipinski definition) is 4. The quantitative estimate of drug-likeness (QED) is 0.523. The van der Waals surface area contributed by atoms with Crippen LogP contribution in [-0.2, 0) is 32.6 Å². The van der Waals surface area contributed by atoms with Crippen molar-refractivity contribution < 1.29 is 18.0 Å². The van der Waals surface area contributed by atoms with Crippen molar-refractivity contribution in [1.29, 1.82) is 0 Å². The molecule has 0 radical (unpaired) electrons. The van der Waals surface area contributed by atoms with Crippen molar-refractivity contribution in [1.82, 2.24) is 9.62 Å². The lowest BCUT2D eigenvalue weighted by atomic mass is 9.92. The van der Waals surface area contributed by atoms with E-state index < -0.39 is 16.1 Å². The monoisotopic (exact) mass is 491 g/mol.